The summed E-state index contributed by atoms with van der Waals surface area (Å²) in [7, 11) is 1.68. The Bertz CT molecular complexity index is 308. The van der Waals surface area contributed by atoms with Crippen molar-refractivity contribution in [3.63, 3.8) is 0 Å². The van der Waals surface area contributed by atoms with Gasteiger partial charge in [0.1, 0.15) is 11.6 Å². The maximum Gasteiger partial charge on any atom is 0.129 e. The predicted octanol–water partition coefficient (Wildman–Crippen LogP) is 1.64. The summed E-state index contributed by atoms with van der Waals surface area (Å²) < 4.78 is 10.3. The van der Waals surface area contributed by atoms with Gasteiger partial charge in [0, 0.05) is 26.5 Å². The van der Waals surface area contributed by atoms with Crippen molar-refractivity contribution in [2.24, 2.45) is 0 Å². The third-order valence-electron chi connectivity index (χ3n) is 2.23. The fraction of sp³-hybridized carbons (Fsp3) is 0.667. The third kappa shape index (κ3) is 6.86. The van der Waals surface area contributed by atoms with Crippen molar-refractivity contribution >= 4 is 5.82 Å². The number of nitrogens with zero attached hydrogens (tertiary/aromatic N) is 2. The van der Waals surface area contributed by atoms with E-state index in [4.69, 9.17) is 9.47 Å². The van der Waals surface area contributed by atoms with Gasteiger partial charge in [0.2, 0.25) is 0 Å². The Morgan fingerprint density at radius 3 is 2.88 bits per heavy atom. The average molecular weight is 239 g/mol. The molecule has 96 valence electrons. The molecule has 0 aliphatic carbocycles. The van der Waals surface area contributed by atoms with Crippen molar-refractivity contribution in [2.45, 2.75) is 19.8 Å². The molecule has 1 heterocycles. The summed E-state index contributed by atoms with van der Waals surface area (Å²) in [5.41, 5.74) is 0. The number of ether oxygens (including phenoxy) is 2. The first kappa shape index (κ1) is 13.9. The quantitative estimate of drug-likeness (QED) is 0.664. The highest BCUT2D eigenvalue weighted by Crippen LogP contribution is 2.01. The number of nitrogens with one attached hydrogen (secondary N) is 1. The molecule has 0 unspecified atom stereocenters. The van der Waals surface area contributed by atoms with Crippen molar-refractivity contribution in [3.05, 3.63) is 18.1 Å². The zero-order chi connectivity index (χ0) is 12.3. The molecule has 17 heavy (non-hydrogen) atoms. The van der Waals surface area contributed by atoms with Gasteiger partial charge in [-0.05, 0) is 25.8 Å². The van der Waals surface area contributed by atoms with Crippen molar-refractivity contribution in [1.29, 1.82) is 0 Å². The van der Waals surface area contributed by atoms with Gasteiger partial charge >= 0.3 is 0 Å². The first-order valence-electron chi connectivity index (χ1n) is 5.93. The summed E-state index contributed by atoms with van der Waals surface area (Å²) in [6.45, 7) is 4.92. The fourth-order valence-corrected chi connectivity index (χ4v) is 1.34. The van der Waals surface area contributed by atoms with Crippen molar-refractivity contribution in [1.82, 2.24) is 9.97 Å². The van der Waals surface area contributed by atoms with Gasteiger partial charge in [0.05, 0.1) is 13.2 Å². The van der Waals surface area contributed by atoms with E-state index < -0.39 is 0 Å². The summed E-state index contributed by atoms with van der Waals surface area (Å²) in [6.07, 6.45) is 3.87. The molecule has 1 aromatic heterocycles. The fourth-order valence-electron chi connectivity index (χ4n) is 1.34. The lowest BCUT2D eigenvalue weighted by Crippen LogP contribution is -2.07. The van der Waals surface area contributed by atoms with Gasteiger partial charge in [-0.3, -0.25) is 0 Å². The number of aromatic nitrogens is 2. The molecular formula is C12H21N3O2. The van der Waals surface area contributed by atoms with Crippen LogP contribution in [0, 0.1) is 6.92 Å². The van der Waals surface area contributed by atoms with E-state index in [1.807, 2.05) is 13.0 Å². The van der Waals surface area contributed by atoms with Crippen LogP contribution in [0.2, 0.25) is 0 Å². The molecule has 1 N–H and O–H groups in total. The van der Waals surface area contributed by atoms with E-state index in [-0.39, 0.29) is 0 Å². The van der Waals surface area contributed by atoms with E-state index in [2.05, 4.69) is 15.3 Å². The maximum atomic E-state index is 5.37. The van der Waals surface area contributed by atoms with E-state index in [9.17, 15) is 0 Å². The summed E-state index contributed by atoms with van der Waals surface area (Å²) in [5.74, 6) is 1.68. The van der Waals surface area contributed by atoms with Crippen LogP contribution < -0.4 is 5.32 Å². The SMILES string of the molecule is COCCOCCCCNc1ccnc(C)n1. The largest absolute Gasteiger partial charge is 0.382 e. The highest BCUT2D eigenvalue weighted by Gasteiger charge is 1.94. The Balaban J connectivity index is 1.97. The third-order valence-corrected chi connectivity index (χ3v) is 2.23. The first-order chi connectivity index (χ1) is 8.33. The van der Waals surface area contributed by atoms with Gasteiger partial charge in [-0.1, -0.05) is 0 Å². The normalized spacial score (nSPS) is 10.5. The lowest BCUT2D eigenvalue weighted by atomic mass is 10.3. The topological polar surface area (TPSA) is 56.3 Å². The second kappa shape index (κ2) is 8.90. The van der Waals surface area contributed by atoms with Gasteiger partial charge < -0.3 is 14.8 Å². The Labute approximate surface area is 103 Å². The molecule has 1 aromatic rings. The number of anilines is 1. The molecular weight excluding hydrogens is 218 g/mol. The molecule has 0 aliphatic heterocycles. The van der Waals surface area contributed by atoms with E-state index in [1.165, 1.54) is 0 Å². The molecule has 0 aliphatic rings. The van der Waals surface area contributed by atoms with Crippen LogP contribution in [-0.4, -0.2) is 43.4 Å². The van der Waals surface area contributed by atoms with E-state index in [0.717, 1.165) is 37.6 Å². The van der Waals surface area contributed by atoms with Gasteiger partial charge in [-0.15, -0.1) is 0 Å². The van der Waals surface area contributed by atoms with Crippen molar-refractivity contribution in [3.8, 4) is 0 Å². The molecule has 0 fully saturated rings. The minimum atomic E-state index is 0.665. The second-order valence-corrected chi connectivity index (χ2v) is 3.73. The summed E-state index contributed by atoms with van der Waals surface area (Å²) in [4.78, 5) is 8.30. The Morgan fingerprint density at radius 2 is 2.12 bits per heavy atom. The van der Waals surface area contributed by atoms with Crippen LogP contribution in [0.4, 0.5) is 5.82 Å². The minimum Gasteiger partial charge on any atom is -0.382 e. The predicted molar refractivity (Wildman–Crippen MR) is 67.2 cm³/mol. The molecule has 0 amide bonds. The van der Waals surface area contributed by atoms with Crippen molar-refractivity contribution < 1.29 is 9.47 Å². The molecule has 1 rings (SSSR count). The monoisotopic (exact) mass is 239 g/mol. The van der Waals surface area contributed by atoms with Gasteiger partial charge in [0.25, 0.3) is 0 Å². The Hall–Kier alpha value is -1.20. The standard InChI is InChI=1S/C12H21N3O2/c1-11-13-7-5-12(15-11)14-6-3-4-8-17-10-9-16-2/h5,7H,3-4,6,8-10H2,1-2H3,(H,13,14,15). The summed E-state index contributed by atoms with van der Waals surface area (Å²) >= 11 is 0. The number of hydrogen-bond donors (Lipinski definition) is 1. The maximum absolute atomic E-state index is 5.37. The van der Waals surface area contributed by atoms with Crippen LogP contribution in [-0.2, 0) is 9.47 Å². The van der Waals surface area contributed by atoms with Crippen LogP contribution in [0.5, 0.6) is 0 Å². The van der Waals surface area contributed by atoms with Crippen molar-refractivity contribution in [2.75, 3.05) is 38.8 Å². The number of rotatable bonds is 9. The lowest BCUT2D eigenvalue weighted by molar-refractivity contribution is 0.0691. The second-order valence-electron chi connectivity index (χ2n) is 3.73. The lowest BCUT2D eigenvalue weighted by Gasteiger charge is -2.06. The minimum absolute atomic E-state index is 0.665. The molecule has 0 bridgehead atoms. The van der Waals surface area contributed by atoms with Gasteiger partial charge in [-0.2, -0.15) is 0 Å². The van der Waals surface area contributed by atoms with Crippen LogP contribution in [0.3, 0.4) is 0 Å². The van der Waals surface area contributed by atoms with Gasteiger partial charge in [-0.25, -0.2) is 9.97 Å². The van der Waals surface area contributed by atoms with Crippen LogP contribution in [0.1, 0.15) is 18.7 Å². The average Bonchev–Trinajstić information content (AvgIpc) is 2.33. The number of hydrogen-bond acceptors (Lipinski definition) is 5. The van der Waals surface area contributed by atoms with Crippen LogP contribution in [0.25, 0.3) is 0 Å². The zero-order valence-electron chi connectivity index (χ0n) is 10.6. The smallest absolute Gasteiger partial charge is 0.129 e. The number of methoxy groups -OCH3 is 1. The Kier molecular flexibility index (Phi) is 7.25. The first-order valence-corrected chi connectivity index (χ1v) is 5.93. The molecule has 0 spiro atoms. The molecule has 0 radical (unpaired) electrons. The Morgan fingerprint density at radius 1 is 1.24 bits per heavy atom. The van der Waals surface area contributed by atoms with Gasteiger partial charge in [0.15, 0.2) is 0 Å². The highest BCUT2D eigenvalue weighted by molar-refractivity contribution is 5.32. The summed E-state index contributed by atoms with van der Waals surface area (Å²) in [6, 6.07) is 1.88. The number of unbranched alkanes of at least 4 members (excludes halogenated alkanes) is 1. The molecule has 0 aromatic carbocycles. The number of aryl methyl sites for hydroxylation is 1. The molecule has 0 atom stereocenters. The molecule has 5 heteroatoms. The zero-order valence-corrected chi connectivity index (χ0v) is 10.6. The highest BCUT2D eigenvalue weighted by atomic mass is 16.5. The molecule has 0 saturated carbocycles. The van der Waals surface area contributed by atoms with Crippen LogP contribution >= 0.6 is 0 Å². The van der Waals surface area contributed by atoms with E-state index >= 15 is 0 Å². The summed E-state index contributed by atoms with van der Waals surface area (Å²) in [5, 5.41) is 3.26. The van der Waals surface area contributed by atoms with E-state index in [1.54, 1.807) is 13.3 Å². The van der Waals surface area contributed by atoms with Crippen LogP contribution in [0.15, 0.2) is 12.3 Å². The van der Waals surface area contributed by atoms with E-state index in [0.29, 0.717) is 13.2 Å². The molecule has 0 saturated heterocycles. The molecule has 5 nitrogen and oxygen atoms in total.